The largest absolute Gasteiger partial charge is 0.480 e. The minimum Gasteiger partial charge on any atom is -0.480 e. The topological polar surface area (TPSA) is 61.1 Å². The van der Waals surface area contributed by atoms with Crippen molar-refractivity contribution >= 4 is 18.6 Å². The number of hydrogen-bond acceptors (Lipinski definition) is 3. The standard InChI is InChI=1S/C12H11NO2S/c1-8(7-13)10(11(16)12(14)15)9-5-3-2-4-6-9/h2-6,10-11,16H,1H2,(H,14,15)/t10-,11-/m1/s1. The third-order valence-electron chi connectivity index (χ3n) is 2.25. The Hall–Kier alpha value is -1.73. The normalized spacial score (nSPS) is 13.5. The number of benzene rings is 1. The van der Waals surface area contributed by atoms with Gasteiger partial charge in [-0.25, -0.2) is 0 Å². The Kier molecular flexibility index (Phi) is 4.15. The number of nitriles is 1. The summed E-state index contributed by atoms with van der Waals surface area (Å²) < 4.78 is 0. The Labute approximate surface area is 99.4 Å². The van der Waals surface area contributed by atoms with Crippen molar-refractivity contribution in [2.45, 2.75) is 11.2 Å². The van der Waals surface area contributed by atoms with E-state index in [0.717, 1.165) is 5.56 Å². The third kappa shape index (κ3) is 2.65. The predicted octanol–water partition coefficient (Wildman–Crippen LogP) is 2.23. The molecule has 0 fully saturated rings. The van der Waals surface area contributed by atoms with Gasteiger partial charge in [0, 0.05) is 11.5 Å². The van der Waals surface area contributed by atoms with Crippen LogP contribution in [0.1, 0.15) is 11.5 Å². The Morgan fingerprint density at radius 3 is 2.44 bits per heavy atom. The van der Waals surface area contributed by atoms with Crippen LogP contribution in [-0.2, 0) is 4.79 Å². The molecule has 0 aliphatic rings. The molecular weight excluding hydrogens is 222 g/mol. The molecular formula is C12H11NO2S. The number of aliphatic carboxylic acids is 1. The Bertz CT molecular complexity index is 436. The molecule has 0 spiro atoms. The summed E-state index contributed by atoms with van der Waals surface area (Å²) in [5, 5.41) is 16.8. The van der Waals surface area contributed by atoms with Gasteiger partial charge in [0.25, 0.3) is 0 Å². The van der Waals surface area contributed by atoms with Crippen LogP contribution >= 0.6 is 12.6 Å². The van der Waals surface area contributed by atoms with Crippen molar-refractivity contribution in [3.63, 3.8) is 0 Å². The van der Waals surface area contributed by atoms with E-state index in [1.54, 1.807) is 24.3 Å². The summed E-state index contributed by atoms with van der Waals surface area (Å²) in [6.45, 7) is 3.58. The van der Waals surface area contributed by atoms with E-state index >= 15 is 0 Å². The van der Waals surface area contributed by atoms with E-state index in [1.807, 2.05) is 12.1 Å². The quantitative estimate of drug-likeness (QED) is 0.619. The summed E-state index contributed by atoms with van der Waals surface area (Å²) in [5.74, 6) is -1.65. The lowest BCUT2D eigenvalue weighted by atomic mass is 9.89. The van der Waals surface area contributed by atoms with Crippen LogP contribution in [0.4, 0.5) is 0 Å². The molecule has 1 aromatic rings. The molecule has 82 valence electrons. The van der Waals surface area contributed by atoms with Gasteiger partial charge < -0.3 is 5.11 Å². The van der Waals surface area contributed by atoms with E-state index in [1.165, 1.54) is 0 Å². The molecule has 0 aliphatic carbocycles. The zero-order chi connectivity index (χ0) is 12.1. The highest BCUT2D eigenvalue weighted by Crippen LogP contribution is 2.29. The van der Waals surface area contributed by atoms with Crippen molar-refractivity contribution in [2.24, 2.45) is 0 Å². The summed E-state index contributed by atoms with van der Waals surface area (Å²) in [7, 11) is 0. The molecule has 0 saturated carbocycles. The fourth-order valence-electron chi connectivity index (χ4n) is 1.45. The molecule has 0 saturated heterocycles. The maximum Gasteiger partial charge on any atom is 0.317 e. The third-order valence-corrected chi connectivity index (χ3v) is 2.77. The van der Waals surface area contributed by atoms with E-state index in [4.69, 9.17) is 10.4 Å². The predicted molar refractivity (Wildman–Crippen MR) is 64.3 cm³/mol. The number of rotatable bonds is 4. The second-order valence-corrected chi connectivity index (χ2v) is 3.86. The number of carboxylic acids is 1. The first kappa shape index (κ1) is 12.3. The smallest absolute Gasteiger partial charge is 0.317 e. The van der Waals surface area contributed by atoms with Crippen molar-refractivity contribution in [1.82, 2.24) is 0 Å². The molecule has 0 aliphatic heterocycles. The molecule has 4 heteroatoms. The van der Waals surface area contributed by atoms with Crippen LogP contribution in [-0.4, -0.2) is 16.3 Å². The second kappa shape index (κ2) is 5.38. The number of carbonyl (C=O) groups is 1. The fourth-order valence-corrected chi connectivity index (χ4v) is 1.80. The number of hydrogen-bond donors (Lipinski definition) is 2. The summed E-state index contributed by atoms with van der Waals surface area (Å²) in [6, 6.07) is 10.8. The highest BCUT2D eigenvalue weighted by atomic mass is 32.1. The van der Waals surface area contributed by atoms with E-state index in [9.17, 15) is 4.79 Å². The van der Waals surface area contributed by atoms with Crippen LogP contribution in [0.3, 0.4) is 0 Å². The Morgan fingerprint density at radius 2 is 2.00 bits per heavy atom. The number of carboxylic acid groups (broad SMARTS) is 1. The zero-order valence-electron chi connectivity index (χ0n) is 8.50. The van der Waals surface area contributed by atoms with Crippen LogP contribution in [0.25, 0.3) is 0 Å². The van der Waals surface area contributed by atoms with Crippen LogP contribution in [0.5, 0.6) is 0 Å². The summed E-state index contributed by atoms with van der Waals surface area (Å²) >= 11 is 4.01. The highest BCUT2D eigenvalue weighted by Gasteiger charge is 2.28. The van der Waals surface area contributed by atoms with E-state index in [2.05, 4.69) is 19.2 Å². The van der Waals surface area contributed by atoms with Gasteiger partial charge in [-0.3, -0.25) is 4.79 Å². The molecule has 0 bridgehead atoms. The van der Waals surface area contributed by atoms with Gasteiger partial charge >= 0.3 is 5.97 Å². The first-order valence-electron chi connectivity index (χ1n) is 4.62. The number of nitrogens with zero attached hydrogens (tertiary/aromatic N) is 1. The van der Waals surface area contributed by atoms with Gasteiger partial charge in [-0.15, -0.1) is 0 Å². The molecule has 1 N–H and O–H groups in total. The van der Waals surface area contributed by atoms with Gasteiger partial charge in [0.15, 0.2) is 0 Å². The molecule has 16 heavy (non-hydrogen) atoms. The average Bonchev–Trinajstić information content (AvgIpc) is 2.30. The number of allylic oxidation sites excluding steroid dienone is 1. The van der Waals surface area contributed by atoms with E-state index in [0.29, 0.717) is 0 Å². The van der Waals surface area contributed by atoms with Gasteiger partial charge in [-0.1, -0.05) is 36.9 Å². The van der Waals surface area contributed by atoms with Crippen molar-refractivity contribution in [1.29, 1.82) is 5.26 Å². The zero-order valence-corrected chi connectivity index (χ0v) is 9.39. The highest BCUT2D eigenvalue weighted by molar-refractivity contribution is 7.81. The SMILES string of the molecule is C=C(C#N)[C@H](c1ccccc1)[C@@H](S)C(=O)O. The van der Waals surface area contributed by atoms with Crippen LogP contribution in [0, 0.1) is 11.3 Å². The molecule has 0 heterocycles. The lowest BCUT2D eigenvalue weighted by molar-refractivity contribution is -0.136. The van der Waals surface area contributed by atoms with Gasteiger partial charge in [-0.05, 0) is 5.56 Å². The van der Waals surface area contributed by atoms with Gasteiger partial charge in [0.2, 0.25) is 0 Å². The van der Waals surface area contributed by atoms with Crippen LogP contribution in [0.2, 0.25) is 0 Å². The van der Waals surface area contributed by atoms with Crippen LogP contribution in [0.15, 0.2) is 42.5 Å². The van der Waals surface area contributed by atoms with Crippen molar-refractivity contribution in [2.75, 3.05) is 0 Å². The van der Waals surface area contributed by atoms with Crippen molar-refractivity contribution in [3.05, 3.63) is 48.0 Å². The molecule has 0 aromatic heterocycles. The minimum absolute atomic E-state index is 0.202. The minimum atomic E-state index is -1.06. The fraction of sp³-hybridized carbons (Fsp3) is 0.167. The first-order valence-corrected chi connectivity index (χ1v) is 5.14. The molecule has 2 atom stereocenters. The Balaban J connectivity index is 3.12. The van der Waals surface area contributed by atoms with Crippen molar-refractivity contribution in [3.8, 4) is 6.07 Å². The van der Waals surface area contributed by atoms with Crippen molar-refractivity contribution < 1.29 is 9.90 Å². The molecule has 0 amide bonds. The maximum absolute atomic E-state index is 10.9. The van der Waals surface area contributed by atoms with Gasteiger partial charge in [0.05, 0.1) is 6.07 Å². The van der Waals surface area contributed by atoms with Crippen LogP contribution < -0.4 is 0 Å². The molecule has 3 nitrogen and oxygen atoms in total. The second-order valence-electron chi connectivity index (χ2n) is 3.31. The van der Waals surface area contributed by atoms with E-state index < -0.39 is 17.1 Å². The lowest BCUT2D eigenvalue weighted by Gasteiger charge is -2.19. The average molecular weight is 233 g/mol. The molecule has 0 unspecified atom stereocenters. The summed E-state index contributed by atoms with van der Waals surface area (Å²) in [4.78, 5) is 10.9. The lowest BCUT2D eigenvalue weighted by Crippen LogP contribution is -2.23. The van der Waals surface area contributed by atoms with E-state index in [-0.39, 0.29) is 5.57 Å². The molecule has 1 aromatic carbocycles. The summed E-state index contributed by atoms with van der Waals surface area (Å²) in [5.41, 5.74) is 0.935. The monoisotopic (exact) mass is 233 g/mol. The summed E-state index contributed by atoms with van der Waals surface area (Å²) in [6.07, 6.45) is 0. The Morgan fingerprint density at radius 1 is 1.44 bits per heavy atom. The van der Waals surface area contributed by atoms with Gasteiger partial charge in [-0.2, -0.15) is 17.9 Å². The molecule has 1 rings (SSSR count). The number of thiol groups is 1. The maximum atomic E-state index is 10.9. The molecule has 0 radical (unpaired) electrons. The van der Waals surface area contributed by atoms with Gasteiger partial charge in [0.1, 0.15) is 5.25 Å². The first-order chi connectivity index (χ1) is 7.57.